The highest BCUT2D eigenvalue weighted by atomic mass is 16.5. The molecular formula is C14H22N2O4. The second-order valence-electron chi connectivity index (χ2n) is 4.90. The lowest BCUT2D eigenvalue weighted by molar-refractivity contribution is -0.142. The van der Waals surface area contributed by atoms with Crippen LogP contribution in [0.1, 0.15) is 49.6 Å². The van der Waals surface area contributed by atoms with E-state index < -0.39 is 12.0 Å². The van der Waals surface area contributed by atoms with E-state index in [0.717, 1.165) is 24.1 Å². The largest absolute Gasteiger partial charge is 0.480 e. The molecule has 1 rings (SSSR count). The first kappa shape index (κ1) is 16.2. The number of unbranched alkanes of at least 4 members (excludes halogenated alkanes) is 1. The molecule has 0 saturated carbocycles. The van der Waals surface area contributed by atoms with E-state index in [4.69, 9.17) is 9.63 Å². The van der Waals surface area contributed by atoms with Crippen molar-refractivity contribution in [2.24, 2.45) is 0 Å². The van der Waals surface area contributed by atoms with Crippen molar-refractivity contribution >= 4 is 11.9 Å². The van der Waals surface area contributed by atoms with Gasteiger partial charge in [-0.15, -0.1) is 0 Å². The van der Waals surface area contributed by atoms with Crippen molar-refractivity contribution in [2.45, 2.75) is 58.9 Å². The quantitative estimate of drug-likeness (QED) is 0.760. The van der Waals surface area contributed by atoms with Crippen molar-refractivity contribution in [3.8, 4) is 0 Å². The zero-order chi connectivity index (χ0) is 15.1. The topological polar surface area (TPSA) is 92.4 Å². The van der Waals surface area contributed by atoms with Crippen molar-refractivity contribution in [1.82, 2.24) is 10.5 Å². The van der Waals surface area contributed by atoms with Gasteiger partial charge >= 0.3 is 5.97 Å². The van der Waals surface area contributed by atoms with Crippen molar-refractivity contribution in [1.29, 1.82) is 0 Å². The fraction of sp³-hybridized carbons (Fsp3) is 0.643. The van der Waals surface area contributed by atoms with Crippen LogP contribution >= 0.6 is 0 Å². The molecular weight excluding hydrogens is 260 g/mol. The van der Waals surface area contributed by atoms with Crippen LogP contribution < -0.4 is 5.32 Å². The molecule has 20 heavy (non-hydrogen) atoms. The molecule has 1 atom stereocenters. The van der Waals surface area contributed by atoms with Crippen LogP contribution in [0.2, 0.25) is 0 Å². The van der Waals surface area contributed by atoms with Crippen LogP contribution in [0.4, 0.5) is 0 Å². The van der Waals surface area contributed by atoms with Crippen LogP contribution in [-0.2, 0) is 16.0 Å². The summed E-state index contributed by atoms with van der Waals surface area (Å²) in [7, 11) is 0. The molecule has 0 fully saturated rings. The van der Waals surface area contributed by atoms with Gasteiger partial charge < -0.3 is 14.9 Å². The maximum atomic E-state index is 11.8. The van der Waals surface area contributed by atoms with Crippen LogP contribution in [0.5, 0.6) is 0 Å². The Kier molecular flexibility index (Phi) is 6.21. The Morgan fingerprint density at radius 1 is 1.40 bits per heavy atom. The van der Waals surface area contributed by atoms with Crippen LogP contribution in [0.25, 0.3) is 0 Å². The molecule has 0 aliphatic rings. The van der Waals surface area contributed by atoms with E-state index >= 15 is 0 Å². The lowest BCUT2D eigenvalue weighted by atomic mass is 10.1. The Morgan fingerprint density at radius 2 is 2.10 bits per heavy atom. The van der Waals surface area contributed by atoms with Crippen LogP contribution in [-0.4, -0.2) is 28.2 Å². The molecule has 1 amide bonds. The number of nitrogens with one attached hydrogen (secondary N) is 1. The van der Waals surface area contributed by atoms with Crippen molar-refractivity contribution in [2.75, 3.05) is 0 Å². The summed E-state index contributed by atoms with van der Waals surface area (Å²) >= 11 is 0. The number of carboxylic acid groups (broad SMARTS) is 1. The smallest absolute Gasteiger partial charge is 0.326 e. The Labute approximate surface area is 118 Å². The number of carboxylic acids is 1. The van der Waals surface area contributed by atoms with Gasteiger partial charge in [0.2, 0.25) is 5.91 Å². The summed E-state index contributed by atoms with van der Waals surface area (Å²) in [5.41, 5.74) is 1.69. The van der Waals surface area contributed by atoms with E-state index in [-0.39, 0.29) is 12.3 Å². The van der Waals surface area contributed by atoms with Gasteiger partial charge in [0.1, 0.15) is 11.8 Å². The van der Waals surface area contributed by atoms with Gasteiger partial charge in [-0.25, -0.2) is 4.79 Å². The average Bonchev–Trinajstić information content (AvgIpc) is 2.71. The molecule has 0 aliphatic carbocycles. The molecule has 0 aromatic carbocycles. The Hall–Kier alpha value is -1.85. The third-order valence-corrected chi connectivity index (χ3v) is 3.26. The third-order valence-electron chi connectivity index (χ3n) is 3.26. The lowest BCUT2D eigenvalue weighted by Gasteiger charge is -2.13. The molecule has 6 nitrogen and oxygen atoms in total. The lowest BCUT2D eigenvalue weighted by Crippen LogP contribution is -2.40. The Morgan fingerprint density at radius 3 is 2.60 bits per heavy atom. The summed E-state index contributed by atoms with van der Waals surface area (Å²) in [5.74, 6) is -0.534. The fourth-order valence-electron chi connectivity index (χ4n) is 2.03. The first-order valence-electron chi connectivity index (χ1n) is 6.89. The number of aliphatic carboxylic acids is 1. The summed E-state index contributed by atoms with van der Waals surface area (Å²) in [6.45, 7) is 5.61. The number of rotatable bonds is 8. The first-order chi connectivity index (χ1) is 9.45. The van der Waals surface area contributed by atoms with E-state index in [9.17, 15) is 9.59 Å². The average molecular weight is 282 g/mol. The second-order valence-corrected chi connectivity index (χ2v) is 4.90. The molecule has 0 aliphatic heterocycles. The van der Waals surface area contributed by atoms with Gasteiger partial charge in [-0.3, -0.25) is 4.79 Å². The predicted octanol–water partition coefficient (Wildman–Crippen LogP) is 1.98. The molecule has 0 radical (unpaired) electrons. The van der Waals surface area contributed by atoms with Crippen LogP contribution in [0, 0.1) is 13.8 Å². The van der Waals surface area contributed by atoms with Gasteiger partial charge in [-0.2, -0.15) is 0 Å². The van der Waals surface area contributed by atoms with E-state index in [1.807, 2.05) is 13.8 Å². The molecule has 1 aromatic heterocycles. The van der Waals surface area contributed by atoms with Gasteiger partial charge in [0.15, 0.2) is 0 Å². The van der Waals surface area contributed by atoms with E-state index in [1.54, 1.807) is 6.92 Å². The van der Waals surface area contributed by atoms with E-state index in [0.29, 0.717) is 18.6 Å². The SMILES string of the molecule is CCCC[C@H](NC(=O)CCc1c(C)noc1C)C(=O)O. The van der Waals surface area contributed by atoms with Crippen LogP contribution in [0.15, 0.2) is 4.52 Å². The molecule has 112 valence electrons. The summed E-state index contributed by atoms with van der Waals surface area (Å²) in [6, 6.07) is -0.799. The van der Waals surface area contributed by atoms with Gasteiger partial charge in [0, 0.05) is 12.0 Å². The summed E-state index contributed by atoms with van der Waals surface area (Å²) in [4.78, 5) is 22.9. The minimum atomic E-state index is -0.982. The zero-order valence-corrected chi connectivity index (χ0v) is 12.2. The van der Waals surface area contributed by atoms with Crippen molar-refractivity contribution in [3.63, 3.8) is 0 Å². The van der Waals surface area contributed by atoms with E-state index in [1.165, 1.54) is 0 Å². The number of hydrogen-bond acceptors (Lipinski definition) is 4. The Bertz CT molecular complexity index is 448. The highest BCUT2D eigenvalue weighted by molar-refractivity contribution is 5.83. The minimum absolute atomic E-state index is 0.235. The molecule has 0 bridgehead atoms. The molecule has 0 saturated heterocycles. The monoisotopic (exact) mass is 282 g/mol. The second kappa shape index (κ2) is 7.67. The fourth-order valence-corrected chi connectivity index (χ4v) is 2.03. The number of aromatic nitrogens is 1. The summed E-state index contributed by atoms with van der Waals surface area (Å²) < 4.78 is 5.02. The van der Waals surface area contributed by atoms with Gasteiger partial charge in [-0.1, -0.05) is 24.9 Å². The minimum Gasteiger partial charge on any atom is -0.480 e. The van der Waals surface area contributed by atoms with Gasteiger partial charge in [0.25, 0.3) is 0 Å². The molecule has 0 spiro atoms. The number of carbonyl (C=O) groups excluding carboxylic acids is 1. The normalized spacial score (nSPS) is 12.2. The highest BCUT2D eigenvalue weighted by Gasteiger charge is 2.19. The number of carbonyl (C=O) groups is 2. The molecule has 0 unspecified atom stereocenters. The number of amides is 1. The van der Waals surface area contributed by atoms with Crippen LogP contribution in [0.3, 0.4) is 0 Å². The summed E-state index contributed by atoms with van der Waals surface area (Å²) in [5, 5.41) is 15.4. The Balaban J connectivity index is 2.48. The molecule has 1 aromatic rings. The van der Waals surface area contributed by atoms with Gasteiger partial charge in [0.05, 0.1) is 5.69 Å². The predicted molar refractivity (Wildman–Crippen MR) is 73.4 cm³/mol. The van der Waals surface area contributed by atoms with Gasteiger partial charge in [-0.05, 0) is 26.7 Å². The van der Waals surface area contributed by atoms with Crippen molar-refractivity contribution < 1.29 is 19.2 Å². The number of hydrogen-bond donors (Lipinski definition) is 2. The highest BCUT2D eigenvalue weighted by Crippen LogP contribution is 2.14. The zero-order valence-electron chi connectivity index (χ0n) is 12.2. The maximum Gasteiger partial charge on any atom is 0.326 e. The first-order valence-corrected chi connectivity index (χ1v) is 6.89. The third kappa shape index (κ3) is 4.68. The molecule has 2 N–H and O–H groups in total. The number of aryl methyl sites for hydroxylation is 2. The number of nitrogens with zero attached hydrogens (tertiary/aromatic N) is 1. The standard InChI is InChI=1S/C14H22N2O4/c1-4-5-6-12(14(18)19)15-13(17)8-7-11-9(2)16-20-10(11)3/h12H,4-8H2,1-3H3,(H,15,17)(H,18,19)/t12-/m0/s1. The maximum absolute atomic E-state index is 11.8. The van der Waals surface area contributed by atoms with Crippen molar-refractivity contribution in [3.05, 3.63) is 17.0 Å². The molecule has 6 heteroatoms. The summed E-state index contributed by atoms with van der Waals surface area (Å²) in [6.07, 6.45) is 2.88. The van der Waals surface area contributed by atoms with E-state index in [2.05, 4.69) is 10.5 Å². The molecule has 1 heterocycles.